The molecule has 4 rings (SSSR count). The van der Waals surface area contributed by atoms with E-state index in [0.717, 1.165) is 60.2 Å². The number of nitrogens with one attached hydrogen (secondary N) is 1. The van der Waals surface area contributed by atoms with E-state index < -0.39 is 11.9 Å². The number of hydrogen-bond donors (Lipinski definition) is 2. The van der Waals surface area contributed by atoms with E-state index in [9.17, 15) is 14.7 Å². The molecule has 164 valence electrons. The van der Waals surface area contributed by atoms with Gasteiger partial charge in [0.2, 0.25) is 5.91 Å². The first-order valence-electron chi connectivity index (χ1n) is 11.0. The second-order valence-electron chi connectivity index (χ2n) is 8.52. The van der Waals surface area contributed by atoms with E-state index in [1.807, 2.05) is 29.2 Å². The molecule has 0 unspecified atom stereocenters. The Morgan fingerprint density at radius 3 is 2.81 bits per heavy atom. The Labute approximate surface area is 191 Å². The van der Waals surface area contributed by atoms with E-state index in [-0.39, 0.29) is 12.3 Å². The largest absolute Gasteiger partial charge is 0.481 e. The van der Waals surface area contributed by atoms with Crippen LogP contribution in [0.2, 0.25) is 0 Å². The average molecular weight is 486 g/mol. The van der Waals surface area contributed by atoms with Crippen LogP contribution >= 0.6 is 15.9 Å². The SMILES string of the molecule is O=C(O)C[C@H](C(=O)N1CC[C@@H](CCc2ccc3c(n2)NCCC3)C1)c1ccc(Br)cc1. The third-order valence-corrected chi connectivity index (χ3v) is 6.84. The van der Waals surface area contributed by atoms with Crippen LogP contribution in [0.4, 0.5) is 5.82 Å². The number of likely N-dealkylation sites (tertiary alicyclic amines) is 1. The van der Waals surface area contributed by atoms with Crippen molar-refractivity contribution < 1.29 is 14.7 Å². The quantitative estimate of drug-likeness (QED) is 0.612. The number of amides is 1. The second kappa shape index (κ2) is 9.81. The van der Waals surface area contributed by atoms with Crippen molar-refractivity contribution in [2.75, 3.05) is 25.0 Å². The van der Waals surface area contributed by atoms with Crippen LogP contribution in [-0.4, -0.2) is 46.5 Å². The van der Waals surface area contributed by atoms with Crippen LogP contribution in [0.15, 0.2) is 40.9 Å². The maximum Gasteiger partial charge on any atom is 0.304 e. The highest BCUT2D eigenvalue weighted by atomic mass is 79.9. The molecule has 2 N–H and O–H groups in total. The molecule has 1 aromatic carbocycles. The van der Waals surface area contributed by atoms with E-state index in [2.05, 4.69) is 33.4 Å². The van der Waals surface area contributed by atoms with Gasteiger partial charge in [0.1, 0.15) is 5.82 Å². The van der Waals surface area contributed by atoms with Gasteiger partial charge in [-0.25, -0.2) is 4.98 Å². The van der Waals surface area contributed by atoms with Gasteiger partial charge in [-0.05, 0) is 67.3 Å². The molecular formula is C24H28BrN3O3. The molecule has 1 saturated heterocycles. The minimum absolute atomic E-state index is 0.0803. The topological polar surface area (TPSA) is 82.5 Å². The lowest BCUT2D eigenvalue weighted by atomic mass is 9.94. The van der Waals surface area contributed by atoms with Crippen LogP contribution in [-0.2, 0) is 22.4 Å². The van der Waals surface area contributed by atoms with Gasteiger partial charge in [0.05, 0.1) is 12.3 Å². The standard InChI is InChI=1S/C24H28BrN3O3/c25-19-7-4-17(5-8-19)21(14-22(29)30)24(31)28-13-11-16(15-28)3-9-20-10-6-18-2-1-12-26-23(18)27-20/h4-8,10,16,21H,1-3,9,11-15H2,(H,26,27)(H,29,30)/t16-,21+/m1/s1. The summed E-state index contributed by atoms with van der Waals surface area (Å²) in [4.78, 5) is 31.2. The summed E-state index contributed by atoms with van der Waals surface area (Å²) < 4.78 is 0.907. The van der Waals surface area contributed by atoms with E-state index in [4.69, 9.17) is 4.98 Å². The number of pyridine rings is 1. The molecule has 2 aliphatic heterocycles. The minimum Gasteiger partial charge on any atom is -0.481 e. The number of carbonyl (C=O) groups is 2. The molecule has 1 amide bonds. The summed E-state index contributed by atoms with van der Waals surface area (Å²) in [6.45, 7) is 2.36. The highest BCUT2D eigenvalue weighted by molar-refractivity contribution is 9.10. The van der Waals surface area contributed by atoms with Crippen molar-refractivity contribution in [1.82, 2.24) is 9.88 Å². The Hall–Kier alpha value is -2.41. The third kappa shape index (κ3) is 5.45. The summed E-state index contributed by atoms with van der Waals surface area (Å²) >= 11 is 3.39. The van der Waals surface area contributed by atoms with Gasteiger partial charge in [-0.3, -0.25) is 9.59 Å². The van der Waals surface area contributed by atoms with Crippen molar-refractivity contribution in [1.29, 1.82) is 0 Å². The molecule has 0 bridgehead atoms. The van der Waals surface area contributed by atoms with Crippen LogP contribution in [0.25, 0.3) is 0 Å². The number of nitrogens with zero attached hydrogens (tertiary/aromatic N) is 2. The first-order valence-corrected chi connectivity index (χ1v) is 11.8. The van der Waals surface area contributed by atoms with Crippen LogP contribution in [0.3, 0.4) is 0 Å². The zero-order chi connectivity index (χ0) is 21.8. The smallest absolute Gasteiger partial charge is 0.304 e. The average Bonchev–Trinajstić information content (AvgIpc) is 3.25. The lowest BCUT2D eigenvalue weighted by Gasteiger charge is -2.23. The van der Waals surface area contributed by atoms with Crippen LogP contribution in [0.1, 0.15) is 48.4 Å². The summed E-state index contributed by atoms with van der Waals surface area (Å²) in [6.07, 6.45) is 4.89. The Balaban J connectivity index is 1.36. The predicted molar refractivity (Wildman–Crippen MR) is 123 cm³/mol. The Morgan fingerprint density at radius 2 is 2.03 bits per heavy atom. The normalized spacial score (nSPS) is 18.9. The number of carboxylic acids is 1. The lowest BCUT2D eigenvalue weighted by molar-refractivity contribution is -0.141. The first kappa shape index (κ1) is 21.8. The maximum atomic E-state index is 13.2. The highest BCUT2D eigenvalue weighted by Crippen LogP contribution is 2.29. The van der Waals surface area contributed by atoms with Gasteiger partial charge in [-0.1, -0.05) is 34.1 Å². The molecule has 1 aromatic heterocycles. The number of carbonyl (C=O) groups excluding carboxylic acids is 1. The molecule has 3 heterocycles. The molecule has 2 atom stereocenters. The fourth-order valence-electron chi connectivity index (χ4n) is 4.57. The van der Waals surface area contributed by atoms with E-state index >= 15 is 0 Å². The number of fused-ring (bicyclic) bond motifs is 1. The molecular weight excluding hydrogens is 458 g/mol. The number of benzene rings is 1. The number of aryl methyl sites for hydroxylation is 2. The van der Waals surface area contributed by atoms with Crippen molar-refractivity contribution in [3.8, 4) is 0 Å². The molecule has 2 aliphatic rings. The van der Waals surface area contributed by atoms with Crippen molar-refractivity contribution in [2.24, 2.45) is 5.92 Å². The monoisotopic (exact) mass is 485 g/mol. The maximum absolute atomic E-state index is 13.2. The number of hydrogen-bond acceptors (Lipinski definition) is 4. The molecule has 2 aromatic rings. The highest BCUT2D eigenvalue weighted by Gasteiger charge is 2.33. The Kier molecular flexibility index (Phi) is 6.90. The molecule has 0 aliphatic carbocycles. The van der Waals surface area contributed by atoms with Gasteiger partial charge in [0.15, 0.2) is 0 Å². The van der Waals surface area contributed by atoms with E-state index in [1.54, 1.807) is 0 Å². The number of aromatic nitrogens is 1. The molecule has 7 heteroatoms. The fraction of sp³-hybridized carbons (Fsp3) is 0.458. The Morgan fingerprint density at radius 1 is 1.23 bits per heavy atom. The van der Waals surface area contributed by atoms with Gasteiger partial charge >= 0.3 is 5.97 Å². The fourth-order valence-corrected chi connectivity index (χ4v) is 4.83. The van der Waals surface area contributed by atoms with Gasteiger partial charge < -0.3 is 15.3 Å². The molecule has 0 spiro atoms. The summed E-state index contributed by atoms with van der Waals surface area (Å²) in [7, 11) is 0. The number of carboxylic acid groups (broad SMARTS) is 1. The zero-order valence-corrected chi connectivity index (χ0v) is 19.1. The molecule has 1 fully saturated rings. The van der Waals surface area contributed by atoms with Crippen LogP contribution in [0, 0.1) is 5.92 Å². The van der Waals surface area contributed by atoms with Crippen molar-refractivity contribution in [2.45, 2.75) is 44.4 Å². The summed E-state index contributed by atoms with van der Waals surface area (Å²) in [6, 6.07) is 11.7. The van der Waals surface area contributed by atoms with Crippen LogP contribution in [0.5, 0.6) is 0 Å². The van der Waals surface area contributed by atoms with Crippen LogP contribution < -0.4 is 5.32 Å². The van der Waals surface area contributed by atoms with Gasteiger partial charge in [-0.15, -0.1) is 0 Å². The molecule has 0 saturated carbocycles. The van der Waals surface area contributed by atoms with E-state index in [0.29, 0.717) is 19.0 Å². The Bertz CT molecular complexity index is 948. The molecule has 31 heavy (non-hydrogen) atoms. The summed E-state index contributed by atoms with van der Waals surface area (Å²) in [5.74, 6) is -0.228. The lowest BCUT2D eigenvalue weighted by Crippen LogP contribution is -2.34. The van der Waals surface area contributed by atoms with Crippen molar-refractivity contribution >= 4 is 33.6 Å². The summed E-state index contributed by atoms with van der Waals surface area (Å²) in [5.41, 5.74) is 3.14. The van der Waals surface area contributed by atoms with Gasteiger partial charge in [0.25, 0.3) is 0 Å². The summed E-state index contributed by atoms with van der Waals surface area (Å²) in [5, 5.41) is 12.7. The second-order valence-corrected chi connectivity index (χ2v) is 9.44. The van der Waals surface area contributed by atoms with Gasteiger partial charge in [0, 0.05) is 29.8 Å². The third-order valence-electron chi connectivity index (χ3n) is 6.31. The van der Waals surface area contributed by atoms with E-state index in [1.165, 1.54) is 5.56 Å². The predicted octanol–water partition coefficient (Wildman–Crippen LogP) is 4.24. The first-order chi connectivity index (χ1) is 15.0. The molecule has 6 nitrogen and oxygen atoms in total. The van der Waals surface area contributed by atoms with Crippen molar-refractivity contribution in [3.05, 3.63) is 57.7 Å². The number of aliphatic carboxylic acids is 1. The van der Waals surface area contributed by atoms with Gasteiger partial charge in [-0.2, -0.15) is 0 Å². The van der Waals surface area contributed by atoms with Crippen molar-refractivity contribution in [3.63, 3.8) is 0 Å². The minimum atomic E-state index is -0.955. The zero-order valence-electron chi connectivity index (χ0n) is 17.5. The molecule has 0 radical (unpaired) electrons. The number of rotatable bonds is 7. The number of anilines is 1. The number of halogens is 1.